The van der Waals surface area contributed by atoms with Gasteiger partial charge in [-0.15, -0.1) is 6.58 Å². The van der Waals surface area contributed by atoms with Crippen LogP contribution in [0.5, 0.6) is 0 Å². The molecular formula is C12H17N3O4. The number of rotatable bonds is 9. The molecule has 1 heterocycles. The van der Waals surface area contributed by atoms with Crippen LogP contribution in [0, 0.1) is 0 Å². The first-order chi connectivity index (χ1) is 9.15. The van der Waals surface area contributed by atoms with Gasteiger partial charge in [0.25, 0.3) is 5.56 Å². The SMILES string of the molecule is C=CCOCCCNc1nccn(CC(=O)O)c1=O. The van der Waals surface area contributed by atoms with Crippen molar-refractivity contribution in [3.8, 4) is 0 Å². The van der Waals surface area contributed by atoms with Gasteiger partial charge in [-0.3, -0.25) is 14.2 Å². The first-order valence-electron chi connectivity index (χ1n) is 5.85. The molecule has 0 saturated heterocycles. The van der Waals surface area contributed by atoms with Crippen molar-refractivity contribution in [1.29, 1.82) is 0 Å². The molecular weight excluding hydrogens is 250 g/mol. The average molecular weight is 267 g/mol. The van der Waals surface area contributed by atoms with Crippen LogP contribution in [0.25, 0.3) is 0 Å². The summed E-state index contributed by atoms with van der Waals surface area (Å²) in [5.74, 6) is -0.926. The first kappa shape index (κ1) is 14.9. The van der Waals surface area contributed by atoms with Crippen molar-refractivity contribution in [2.75, 3.05) is 25.1 Å². The molecule has 0 aliphatic rings. The topological polar surface area (TPSA) is 93.4 Å². The highest BCUT2D eigenvalue weighted by atomic mass is 16.5. The van der Waals surface area contributed by atoms with E-state index in [4.69, 9.17) is 9.84 Å². The largest absolute Gasteiger partial charge is 0.480 e. The summed E-state index contributed by atoms with van der Waals surface area (Å²) in [6.45, 7) is 4.72. The van der Waals surface area contributed by atoms with Crippen molar-refractivity contribution in [2.24, 2.45) is 0 Å². The summed E-state index contributed by atoms with van der Waals surface area (Å²) in [7, 11) is 0. The number of carboxylic acids is 1. The molecule has 0 atom stereocenters. The van der Waals surface area contributed by atoms with Gasteiger partial charge in [0.1, 0.15) is 6.54 Å². The number of aromatic nitrogens is 2. The minimum atomic E-state index is -1.07. The van der Waals surface area contributed by atoms with Crippen LogP contribution >= 0.6 is 0 Å². The van der Waals surface area contributed by atoms with Crippen molar-refractivity contribution in [2.45, 2.75) is 13.0 Å². The van der Waals surface area contributed by atoms with E-state index >= 15 is 0 Å². The number of aliphatic carboxylic acids is 1. The molecule has 19 heavy (non-hydrogen) atoms. The highest BCUT2D eigenvalue weighted by molar-refractivity contribution is 5.66. The molecule has 0 aliphatic heterocycles. The molecule has 0 unspecified atom stereocenters. The Hall–Kier alpha value is -2.15. The third kappa shape index (κ3) is 5.35. The maximum absolute atomic E-state index is 11.8. The van der Waals surface area contributed by atoms with Gasteiger partial charge in [0.05, 0.1) is 6.61 Å². The van der Waals surface area contributed by atoms with Crippen LogP contribution in [0.4, 0.5) is 5.82 Å². The predicted molar refractivity (Wildman–Crippen MR) is 70.3 cm³/mol. The predicted octanol–water partition coefficient (Wildman–Crippen LogP) is 0.332. The highest BCUT2D eigenvalue weighted by Gasteiger charge is 2.06. The third-order valence-electron chi connectivity index (χ3n) is 2.21. The lowest BCUT2D eigenvalue weighted by Gasteiger charge is -2.07. The summed E-state index contributed by atoms with van der Waals surface area (Å²) in [6, 6.07) is 0. The van der Waals surface area contributed by atoms with Crippen LogP contribution in [0.3, 0.4) is 0 Å². The Kier molecular flexibility index (Phi) is 6.31. The molecule has 0 aliphatic carbocycles. The number of anilines is 1. The monoisotopic (exact) mass is 267 g/mol. The van der Waals surface area contributed by atoms with Crippen molar-refractivity contribution in [1.82, 2.24) is 9.55 Å². The standard InChI is InChI=1S/C12H17N3O4/c1-2-7-19-8-3-4-13-11-12(18)15(6-5-14-11)9-10(16)17/h2,5-6H,1,3-4,7-9H2,(H,13,14)(H,16,17). The molecule has 0 saturated carbocycles. The van der Waals surface area contributed by atoms with Gasteiger partial charge in [0, 0.05) is 25.5 Å². The molecule has 0 fully saturated rings. The fourth-order valence-corrected chi connectivity index (χ4v) is 1.39. The van der Waals surface area contributed by atoms with E-state index in [1.807, 2.05) is 0 Å². The number of hydrogen-bond acceptors (Lipinski definition) is 5. The fourth-order valence-electron chi connectivity index (χ4n) is 1.39. The Morgan fingerprint density at radius 2 is 2.42 bits per heavy atom. The number of hydrogen-bond donors (Lipinski definition) is 2. The fraction of sp³-hybridized carbons (Fsp3) is 0.417. The summed E-state index contributed by atoms with van der Waals surface area (Å²) >= 11 is 0. The van der Waals surface area contributed by atoms with Crippen LogP contribution in [0.15, 0.2) is 29.8 Å². The maximum Gasteiger partial charge on any atom is 0.323 e. The van der Waals surface area contributed by atoms with E-state index in [9.17, 15) is 9.59 Å². The second-order valence-electron chi connectivity index (χ2n) is 3.75. The zero-order chi connectivity index (χ0) is 14.1. The quantitative estimate of drug-likeness (QED) is 0.495. The summed E-state index contributed by atoms with van der Waals surface area (Å²) in [6.07, 6.45) is 5.11. The Morgan fingerprint density at radius 3 is 3.11 bits per heavy atom. The number of nitrogens with zero attached hydrogens (tertiary/aromatic N) is 2. The summed E-state index contributed by atoms with van der Waals surface area (Å²) < 4.78 is 6.28. The van der Waals surface area contributed by atoms with E-state index < -0.39 is 11.5 Å². The zero-order valence-electron chi connectivity index (χ0n) is 10.5. The molecule has 1 aromatic heterocycles. The Labute approximate surface area is 110 Å². The second kappa shape index (κ2) is 8.04. The molecule has 2 N–H and O–H groups in total. The molecule has 0 aromatic carbocycles. The molecule has 1 rings (SSSR count). The first-order valence-corrected chi connectivity index (χ1v) is 5.85. The zero-order valence-corrected chi connectivity index (χ0v) is 10.5. The highest BCUT2D eigenvalue weighted by Crippen LogP contribution is 1.94. The second-order valence-corrected chi connectivity index (χ2v) is 3.75. The van der Waals surface area contributed by atoms with E-state index in [2.05, 4.69) is 16.9 Å². The number of carbonyl (C=O) groups is 1. The molecule has 0 bridgehead atoms. The lowest BCUT2D eigenvalue weighted by atomic mass is 10.4. The van der Waals surface area contributed by atoms with Crippen LogP contribution in [0.1, 0.15) is 6.42 Å². The number of nitrogens with one attached hydrogen (secondary N) is 1. The Bertz CT molecular complexity index is 484. The van der Waals surface area contributed by atoms with Crippen molar-refractivity contribution in [3.05, 3.63) is 35.4 Å². The van der Waals surface area contributed by atoms with E-state index in [1.54, 1.807) is 6.08 Å². The molecule has 0 amide bonds. The number of ether oxygens (including phenoxy) is 1. The van der Waals surface area contributed by atoms with Gasteiger partial charge >= 0.3 is 5.97 Å². The van der Waals surface area contributed by atoms with Crippen molar-refractivity contribution >= 4 is 11.8 Å². The van der Waals surface area contributed by atoms with E-state index in [0.29, 0.717) is 26.2 Å². The van der Waals surface area contributed by atoms with Gasteiger partial charge in [-0.1, -0.05) is 6.08 Å². The molecule has 7 nitrogen and oxygen atoms in total. The van der Waals surface area contributed by atoms with Crippen LogP contribution < -0.4 is 10.9 Å². The lowest BCUT2D eigenvalue weighted by Crippen LogP contribution is -2.27. The minimum absolute atomic E-state index is 0.146. The summed E-state index contributed by atoms with van der Waals surface area (Å²) in [4.78, 5) is 26.3. The molecule has 104 valence electrons. The normalized spacial score (nSPS) is 10.1. The molecule has 0 spiro atoms. The summed E-state index contributed by atoms with van der Waals surface area (Å²) in [5.41, 5.74) is -0.447. The Morgan fingerprint density at radius 1 is 1.63 bits per heavy atom. The number of carboxylic acid groups (broad SMARTS) is 1. The van der Waals surface area contributed by atoms with Crippen LogP contribution in [-0.4, -0.2) is 40.4 Å². The third-order valence-corrected chi connectivity index (χ3v) is 2.21. The van der Waals surface area contributed by atoms with Gasteiger partial charge in [-0.05, 0) is 6.42 Å². The smallest absolute Gasteiger partial charge is 0.323 e. The lowest BCUT2D eigenvalue weighted by molar-refractivity contribution is -0.137. The van der Waals surface area contributed by atoms with Crippen LogP contribution in [0.2, 0.25) is 0 Å². The van der Waals surface area contributed by atoms with Crippen molar-refractivity contribution < 1.29 is 14.6 Å². The molecule has 0 radical (unpaired) electrons. The van der Waals surface area contributed by atoms with Crippen LogP contribution in [-0.2, 0) is 16.1 Å². The average Bonchev–Trinajstić information content (AvgIpc) is 2.37. The van der Waals surface area contributed by atoms with E-state index in [1.165, 1.54) is 12.4 Å². The van der Waals surface area contributed by atoms with Gasteiger partial charge in [-0.25, -0.2) is 4.98 Å². The maximum atomic E-state index is 11.8. The van der Waals surface area contributed by atoms with Gasteiger partial charge in [0.15, 0.2) is 5.82 Å². The minimum Gasteiger partial charge on any atom is -0.480 e. The summed E-state index contributed by atoms with van der Waals surface area (Å²) in [5, 5.41) is 11.5. The molecule has 1 aromatic rings. The van der Waals surface area contributed by atoms with Gasteiger partial charge in [-0.2, -0.15) is 0 Å². The van der Waals surface area contributed by atoms with E-state index in [-0.39, 0.29) is 12.4 Å². The van der Waals surface area contributed by atoms with Gasteiger partial charge in [0.2, 0.25) is 0 Å². The van der Waals surface area contributed by atoms with Crippen molar-refractivity contribution in [3.63, 3.8) is 0 Å². The van der Waals surface area contributed by atoms with E-state index in [0.717, 1.165) is 4.57 Å². The van der Waals surface area contributed by atoms with Gasteiger partial charge < -0.3 is 15.2 Å². The molecule has 7 heteroatoms. The Balaban J connectivity index is 2.47.